The Labute approximate surface area is 187 Å². The van der Waals surface area contributed by atoms with Crippen LogP contribution in [0.25, 0.3) is 0 Å². The van der Waals surface area contributed by atoms with Gasteiger partial charge in [-0.15, -0.1) is 13.2 Å². The molecule has 0 aliphatic carbocycles. The minimum atomic E-state index is -5.01. The van der Waals surface area contributed by atoms with Crippen molar-refractivity contribution in [2.75, 3.05) is 14.2 Å². The number of hydrogen-bond acceptors (Lipinski definition) is 7. The van der Waals surface area contributed by atoms with Gasteiger partial charge in [0.25, 0.3) is 5.91 Å². The highest BCUT2D eigenvalue weighted by atomic mass is 32.2. The number of hydrogen-bond donors (Lipinski definition) is 2. The minimum Gasteiger partial charge on any atom is -0.495 e. The molecular formula is C20H19F3N4O5S. The standard InChI is InChI=1S/C20H19F3N4O5S/c1-30-15-5-3-6-16(31-2)18(15)33(24,29)26-19(28)13-7-8-14(12-27-10-4-9-25-27)17(11-13)32-20(21,22)23/h3-11H,12H2,1-2H3,(H2,24,26,28,29)/t33-/m0/s1. The topological polar surface area (TPSA) is 116 Å². The van der Waals surface area contributed by atoms with Crippen LogP contribution >= 0.6 is 0 Å². The summed E-state index contributed by atoms with van der Waals surface area (Å²) in [7, 11) is -1.45. The summed E-state index contributed by atoms with van der Waals surface area (Å²) in [6.07, 6.45) is -2.00. The molecule has 1 amide bonds. The summed E-state index contributed by atoms with van der Waals surface area (Å²) in [6, 6.07) is 9.34. The first-order chi connectivity index (χ1) is 15.5. The zero-order valence-corrected chi connectivity index (χ0v) is 18.2. The van der Waals surface area contributed by atoms with Crippen LogP contribution in [-0.2, 0) is 16.5 Å². The SMILES string of the molecule is COc1cccc(OC)c1[S@@](=N)(=O)NC(=O)c1ccc(Cn2cccn2)c(OC(F)(F)F)c1. The molecule has 9 nitrogen and oxygen atoms in total. The summed E-state index contributed by atoms with van der Waals surface area (Å²) >= 11 is 0. The second-order valence-corrected chi connectivity index (χ2v) is 8.28. The molecule has 33 heavy (non-hydrogen) atoms. The van der Waals surface area contributed by atoms with Crippen LogP contribution in [0.1, 0.15) is 15.9 Å². The van der Waals surface area contributed by atoms with E-state index in [9.17, 15) is 22.2 Å². The number of methoxy groups -OCH3 is 2. The Morgan fingerprint density at radius 1 is 1.12 bits per heavy atom. The zero-order chi connectivity index (χ0) is 24.2. The Bertz CT molecular complexity index is 1220. The lowest BCUT2D eigenvalue weighted by Crippen LogP contribution is -2.30. The lowest BCUT2D eigenvalue weighted by Gasteiger charge is -2.17. The number of benzene rings is 2. The highest BCUT2D eigenvalue weighted by Gasteiger charge is 2.33. The van der Waals surface area contributed by atoms with E-state index in [1.54, 1.807) is 12.3 Å². The number of amides is 1. The number of halogens is 3. The highest BCUT2D eigenvalue weighted by Crippen LogP contribution is 2.33. The van der Waals surface area contributed by atoms with Crippen LogP contribution in [-0.4, -0.2) is 40.5 Å². The smallest absolute Gasteiger partial charge is 0.495 e. The van der Waals surface area contributed by atoms with E-state index in [2.05, 4.69) is 9.84 Å². The Morgan fingerprint density at radius 2 is 1.79 bits per heavy atom. The van der Waals surface area contributed by atoms with Crippen molar-refractivity contribution in [1.82, 2.24) is 14.5 Å². The van der Waals surface area contributed by atoms with Gasteiger partial charge >= 0.3 is 6.36 Å². The van der Waals surface area contributed by atoms with Gasteiger partial charge in [-0.25, -0.2) is 8.99 Å². The largest absolute Gasteiger partial charge is 0.573 e. The van der Waals surface area contributed by atoms with Crippen molar-refractivity contribution in [2.24, 2.45) is 0 Å². The average Bonchev–Trinajstić information content (AvgIpc) is 3.26. The first-order valence-corrected chi connectivity index (χ1v) is 10.8. The van der Waals surface area contributed by atoms with Crippen LogP contribution in [0.4, 0.5) is 13.2 Å². The maximum atomic E-state index is 13.1. The number of rotatable bonds is 8. The number of nitrogens with zero attached hydrogens (tertiary/aromatic N) is 2. The Morgan fingerprint density at radius 3 is 2.33 bits per heavy atom. The Hall–Kier alpha value is -3.74. The molecule has 0 radical (unpaired) electrons. The van der Waals surface area contributed by atoms with Crippen LogP contribution in [0.15, 0.2) is 59.8 Å². The van der Waals surface area contributed by atoms with Crippen molar-refractivity contribution in [1.29, 1.82) is 4.78 Å². The molecule has 0 bridgehead atoms. The zero-order valence-electron chi connectivity index (χ0n) is 17.4. The predicted octanol–water partition coefficient (Wildman–Crippen LogP) is 3.60. The molecule has 0 saturated heterocycles. The average molecular weight is 484 g/mol. The molecule has 13 heteroatoms. The lowest BCUT2D eigenvalue weighted by atomic mass is 10.1. The van der Waals surface area contributed by atoms with Gasteiger partial charge in [-0.1, -0.05) is 12.1 Å². The van der Waals surface area contributed by atoms with E-state index in [0.717, 1.165) is 6.07 Å². The molecule has 176 valence electrons. The molecular weight excluding hydrogens is 465 g/mol. The van der Waals surface area contributed by atoms with Gasteiger partial charge in [0.2, 0.25) is 0 Å². The Kier molecular flexibility index (Phi) is 6.81. The number of carbonyl (C=O) groups is 1. The van der Waals surface area contributed by atoms with Crippen LogP contribution in [0.5, 0.6) is 17.2 Å². The van der Waals surface area contributed by atoms with E-state index in [-0.39, 0.29) is 34.1 Å². The van der Waals surface area contributed by atoms with Crippen LogP contribution in [0, 0.1) is 4.78 Å². The van der Waals surface area contributed by atoms with Gasteiger partial charge < -0.3 is 14.2 Å². The van der Waals surface area contributed by atoms with Crippen LogP contribution in [0.2, 0.25) is 0 Å². The van der Waals surface area contributed by atoms with Gasteiger partial charge in [0, 0.05) is 23.5 Å². The highest BCUT2D eigenvalue weighted by molar-refractivity contribution is 7.91. The number of nitrogens with one attached hydrogen (secondary N) is 2. The second kappa shape index (κ2) is 9.40. The molecule has 1 atom stereocenters. The van der Waals surface area contributed by atoms with Gasteiger partial charge in [0.05, 0.1) is 20.8 Å². The molecule has 2 aromatic carbocycles. The molecule has 0 unspecified atom stereocenters. The monoisotopic (exact) mass is 484 g/mol. The predicted molar refractivity (Wildman–Crippen MR) is 111 cm³/mol. The molecule has 0 fully saturated rings. The van der Waals surface area contributed by atoms with Crippen LogP contribution in [0.3, 0.4) is 0 Å². The van der Waals surface area contributed by atoms with E-state index >= 15 is 0 Å². The van der Waals surface area contributed by atoms with Gasteiger partial charge in [-0.3, -0.25) is 14.2 Å². The fraction of sp³-hybridized carbons (Fsp3) is 0.200. The number of aromatic nitrogens is 2. The normalized spacial score (nSPS) is 13.1. The third-order valence-corrected chi connectivity index (χ3v) is 5.80. The first kappa shape index (κ1) is 23.9. The third-order valence-electron chi connectivity index (χ3n) is 4.35. The van der Waals surface area contributed by atoms with Crippen molar-refractivity contribution < 1.29 is 36.4 Å². The van der Waals surface area contributed by atoms with E-state index in [4.69, 9.17) is 14.3 Å². The van der Waals surface area contributed by atoms with Crippen molar-refractivity contribution >= 4 is 15.8 Å². The third kappa shape index (κ3) is 5.74. The molecule has 3 aromatic rings. The van der Waals surface area contributed by atoms with Crippen LogP contribution < -0.4 is 18.9 Å². The summed E-state index contributed by atoms with van der Waals surface area (Å²) in [6.45, 7) is -0.0477. The maximum Gasteiger partial charge on any atom is 0.573 e. The molecule has 1 aromatic heterocycles. The fourth-order valence-corrected chi connectivity index (χ4v) is 4.31. The van der Waals surface area contributed by atoms with Crippen molar-refractivity contribution in [2.45, 2.75) is 17.8 Å². The summed E-state index contributed by atoms with van der Waals surface area (Å²) in [4.78, 5) is 12.5. The summed E-state index contributed by atoms with van der Waals surface area (Å²) in [5, 5.41) is 3.94. The van der Waals surface area contributed by atoms with Gasteiger partial charge in [0.1, 0.15) is 17.2 Å². The van der Waals surface area contributed by atoms with E-state index < -0.39 is 27.9 Å². The van der Waals surface area contributed by atoms with E-state index in [0.29, 0.717) is 0 Å². The van der Waals surface area contributed by atoms with Gasteiger partial charge in [0.15, 0.2) is 14.8 Å². The van der Waals surface area contributed by atoms with Crippen molar-refractivity contribution in [3.63, 3.8) is 0 Å². The first-order valence-electron chi connectivity index (χ1n) is 9.22. The molecule has 1 heterocycles. The number of ether oxygens (including phenoxy) is 3. The van der Waals surface area contributed by atoms with Crippen molar-refractivity contribution in [3.8, 4) is 17.2 Å². The molecule has 0 spiro atoms. The van der Waals surface area contributed by atoms with Gasteiger partial charge in [-0.05, 0) is 30.3 Å². The molecule has 0 saturated carbocycles. The molecule has 2 N–H and O–H groups in total. The summed E-state index contributed by atoms with van der Waals surface area (Å²) < 4.78 is 77.9. The minimum absolute atomic E-state index is 0.0327. The van der Waals surface area contributed by atoms with Gasteiger partial charge in [-0.2, -0.15) is 5.10 Å². The summed E-state index contributed by atoms with van der Waals surface area (Å²) in [5.74, 6) is -1.62. The number of carbonyl (C=O) groups excluding carboxylic acids is 1. The van der Waals surface area contributed by atoms with E-state index in [1.165, 1.54) is 55.4 Å². The molecule has 3 rings (SSSR count). The van der Waals surface area contributed by atoms with E-state index in [1.807, 2.05) is 4.72 Å². The van der Waals surface area contributed by atoms with Crippen molar-refractivity contribution in [3.05, 3.63) is 66.0 Å². The maximum absolute atomic E-state index is 13.1. The fourth-order valence-electron chi connectivity index (χ4n) is 2.96. The summed E-state index contributed by atoms with van der Waals surface area (Å²) in [5.41, 5.74) is -0.196. The lowest BCUT2D eigenvalue weighted by molar-refractivity contribution is -0.274. The second-order valence-electron chi connectivity index (χ2n) is 6.55. The molecule has 0 aliphatic rings. The number of alkyl halides is 3. The molecule has 0 aliphatic heterocycles. The Balaban J connectivity index is 1.95. The quantitative estimate of drug-likeness (QED) is 0.505.